The van der Waals surface area contributed by atoms with Crippen molar-refractivity contribution >= 4 is 23.3 Å². The van der Waals surface area contributed by atoms with Crippen LogP contribution in [0.5, 0.6) is 0 Å². The van der Waals surface area contributed by atoms with Gasteiger partial charge < -0.3 is 10.6 Å². The molecule has 1 aromatic heterocycles. The van der Waals surface area contributed by atoms with Crippen molar-refractivity contribution in [2.24, 2.45) is 0 Å². The first-order valence-corrected chi connectivity index (χ1v) is 6.91. The van der Waals surface area contributed by atoms with Crippen LogP contribution in [0.1, 0.15) is 12.6 Å². The van der Waals surface area contributed by atoms with Gasteiger partial charge in [-0.3, -0.25) is 5.10 Å². The normalized spacial score (nSPS) is 10.6. The quantitative estimate of drug-likeness (QED) is 0.813. The summed E-state index contributed by atoms with van der Waals surface area (Å²) in [5.74, 6) is 1.64. The Bertz CT molecular complexity index is 492. The SMILES string of the molecule is CCSc1ccc(N(C)Cc2cc(N)n[nH]2)cc1. The molecule has 0 fully saturated rings. The molecule has 0 unspecified atom stereocenters. The van der Waals surface area contributed by atoms with E-state index in [1.807, 2.05) is 17.8 Å². The van der Waals surface area contributed by atoms with E-state index in [0.29, 0.717) is 5.82 Å². The molecule has 0 aliphatic heterocycles. The van der Waals surface area contributed by atoms with Crippen molar-refractivity contribution in [3.05, 3.63) is 36.0 Å². The topological polar surface area (TPSA) is 57.9 Å². The van der Waals surface area contributed by atoms with E-state index in [9.17, 15) is 0 Å². The first kappa shape index (κ1) is 12.8. The lowest BCUT2D eigenvalue weighted by Gasteiger charge is -2.18. The van der Waals surface area contributed by atoms with Crippen molar-refractivity contribution in [1.82, 2.24) is 10.2 Å². The highest BCUT2D eigenvalue weighted by molar-refractivity contribution is 7.99. The van der Waals surface area contributed by atoms with Gasteiger partial charge in [0.1, 0.15) is 5.82 Å². The van der Waals surface area contributed by atoms with Crippen molar-refractivity contribution in [1.29, 1.82) is 0 Å². The first-order valence-electron chi connectivity index (χ1n) is 5.93. The van der Waals surface area contributed by atoms with Crippen molar-refractivity contribution < 1.29 is 0 Å². The fraction of sp³-hybridized carbons (Fsp3) is 0.308. The minimum absolute atomic E-state index is 0.535. The molecule has 1 aromatic carbocycles. The summed E-state index contributed by atoms with van der Waals surface area (Å²) in [6.45, 7) is 2.93. The number of hydrogen-bond acceptors (Lipinski definition) is 4. The summed E-state index contributed by atoms with van der Waals surface area (Å²) in [7, 11) is 2.05. The number of benzene rings is 1. The number of nitrogens with one attached hydrogen (secondary N) is 1. The summed E-state index contributed by atoms with van der Waals surface area (Å²) in [5.41, 5.74) is 7.78. The maximum absolute atomic E-state index is 5.58. The van der Waals surface area contributed by atoms with E-state index in [1.54, 1.807) is 0 Å². The molecule has 4 nitrogen and oxygen atoms in total. The Kier molecular flexibility index (Phi) is 4.15. The molecule has 1 heterocycles. The Hall–Kier alpha value is -1.62. The highest BCUT2D eigenvalue weighted by Crippen LogP contribution is 2.22. The zero-order chi connectivity index (χ0) is 13.0. The average molecular weight is 262 g/mol. The Morgan fingerprint density at radius 1 is 1.33 bits per heavy atom. The van der Waals surface area contributed by atoms with Crippen LogP contribution in [0.2, 0.25) is 0 Å². The van der Waals surface area contributed by atoms with Crippen LogP contribution in [0.15, 0.2) is 35.2 Å². The standard InChI is InChI=1S/C13H18N4S/c1-3-18-12-6-4-11(5-7-12)17(2)9-10-8-13(14)16-15-10/h4-8H,3,9H2,1-2H3,(H3,14,15,16). The van der Waals surface area contributed by atoms with Gasteiger partial charge in [-0.15, -0.1) is 11.8 Å². The zero-order valence-corrected chi connectivity index (χ0v) is 11.5. The maximum Gasteiger partial charge on any atom is 0.145 e. The van der Waals surface area contributed by atoms with Crippen LogP contribution in [-0.2, 0) is 6.54 Å². The van der Waals surface area contributed by atoms with E-state index in [2.05, 4.69) is 53.3 Å². The summed E-state index contributed by atoms with van der Waals surface area (Å²) >= 11 is 1.85. The number of nitrogens with two attached hydrogens (primary N) is 1. The fourth-order valence-corrected chi connectivity index (χ4v) is 2.43. The number of thioether (sulfide) groups is 1. The second kappa shape index (κ2) is 5.82. The van der Waals surface area contributed by atoms with Gasteiger partial charge in [-0.1, -0.05) is 6.92 Å². The van der Waals surface area contributed by atoms with Crippen LogP contribution >= 0.6 is 11.8 Å². The summed E-state index contributed by atoms with van der Waals surface area (Å²) in [5, 5.41) is 6.84. The van der Waals surface area contributed by atoms with Gasteiger partial charge in [-0.2, -0.15) is 5.10 Å². The van der Waals surface area contributed by atoms with Gasteiger partial charge in [0.25, 0.3) is 0 Å². The lowest BCUT2D eigenvalue weighted by Crippen LogP contribution is -2.16. The predicted octanol–water partition coefficient (Wildman–Crippen LogP) is 2.74. The first-order chi connectivity index (χ1) is 8.69. The third kappa shape index (κ3) is 3.20. The number of anilines is 2. The maximum atomic E-state index is 5.58. The fourth-order valence-electron chi connectivity index (χ4n) is 1.77. The molecule has 2 aromatic rings. The lowest BCUT2D eigenvalue weighted by molar-refractivity contribution is 0.869. The van der Waals surface area contributed by atoms with Crippen LogP contribution < -0.4 is 10.6 Å². The molecular weight excluding hydrogens is 244 g/mol. The summed E-state index contributed by atoms with van der Waals surface area (Å²) in [4.78, 5) is 3.47. The monoisotopic (exact) mass is 262 g/mol. The van der Waals surface area contributed by atoms with Crippen molar-refractivity contribution in [3.8, 4) is 0 Å². The molecule has 0 aliphatic carbocycles. The molecule has 5 heteroatoms. The molecule has 96 valence electrons. The van der Waals surface area contributed by atoms with E-state index >= 15 is 0 Å². The van der Waals surface area contributed by atoms with E-state index < -0.39 is 0 Å². The third-order valence-corrected chi connectivity index (χ3v) is 3.54. The van der Waals surface area contributed by atoms with Crippen molar-refractivity contribution in [3.63, 3.8) is 0 Å². The molecule has 0 aliphatic rings. The second-order valence-corrected chi connectivity index (χ2v) is 5.44. The van der Waals surface area contributed by atoms with Gasteiger partial charge in [0.2, 0.25) is 0 Å². The molecule has 0 bridgehead atoms. The summed E-state index contributed by atoms with van der Waals surface area (Å²) in [6, 6.07) is 10.4. The van der Waals surface area contributed by atoms with Crippen LogP contribution in [0.25, 0.3) is 0 Å². The zero-order valence-electron chi connectivity index (χ0n) is 10.7. The summed E-state index contributed by atoms with van der Waals surface area (Å²) < 4.78 is 0. The van der Waals surface area contributed by atoms with Gasteiger partial charge in [0.05, 0.1) is 12.2 Å². The molecule has 0 spiro atoms. The van der Waals surface area contributed by atoms with Crippen LogP contribution in [0.4, 0.5) is 11.5 Å². The van der Waals surface area contributed by atoms with E-state index in [0.717, 1.165) is 18.0 Å². The molecule has 0 saturated heterocycles. The molecule has 0 saturated carbocycles. The Morgan fingerprint density at radius 3 is 2.61 bits per heavy atom. The van der Waals surface area contributed by atoms with Crippen LogP contribution in [-0.4, -0.2) is 23.0 Å². The van der Waals surface area contributed by atoms with Gasteiger partial charge in [-0.05, 0) is 30.0 Å². The third-order valence-electron chi connectivity index (χ3n) is 2.65. The molecule has 18 heavy (non-hydrogen) atoms. The van der Waals surface area contributed by atoms with Gasteiger partial charge in [-0.25, -0.2) is 0 Å². The number of aromatic amines is 1. The van der Waals surface area contributed by atoms with Gasteiger partial charge in [0.15, 0.2) is 0 Å². The molecule has 0 radical (unpaired) electrons. The lowest BCUT2D eigenvalue weighted by atomic mass is 10.3. The Morgan fingerprint density at radius 2 is 2.06 bits per heavy atom. The number of aromatic nitrogens is 2. The molecular formula is C13H18N4S. The van der Waals surface area contributed by atoms with Crippen molar-refractivity contribution in [2.45, 2.75) is 18.4 Å². The molecule has 2 rings (SSSR count). The predicted molar refractivity (Wildman–Crippen MR) is 77.9 cm³/mol. The highest BCUT2D eigenvalue weighted by Gasteiger charge is 2.04. The van der Waals surface area contributed by atoms with Crippen molar-refractivity contribution in [2.75, 3.05) is 23.4 Å². The highest BCUT2D eigenvalue weighted by atomic mass is 32.2. The minimum atomic E-state index is 0.535. The Labute approximate surface area is 112 Å². The smallest absolute Gasteiger partial charge is 0.145 e. The number of nitrogen functional groups attached to an aromatic ring is 1. The number of rotatable bonds is 5. The molecule has 0 atom stereocenters. The number of hydrogen-bond donors (Lipinski definition) is 2. The molecule has 3 N–H and O–H groups in total. The Balaban J connectivity index is 2.02. The van der Waals surface area contributed by atoms with Crippen LogP contribution in [0, 0.1) is 0 Å². The molecule has 0 amide bonds. The van der Waals surface area contributed by atoms with Gasteiger partial charge in [0, 0.05) is 23.7 Å². The second-order valence-electron chi connectivity index (χ2n) is 4.10. The summed E-state index contributed by atoms with van der Waals surface area (Å²) in [6.07, 6.45) is 0. The number of H-pyrrole nitrogens is 1. The van der Waals surface area contributed by atoms with Crippen LogP contribution in [0.3, 0.4) is 0 Å². The van der Waals surface area contributed by atoms with E-state index in [-0.39, 0.29) is 0 Å². The average Bonchev–Trinajstić information content (AvgIpc) is 2.76. The van der Waals surface area contributed by atoms with E-state index in [4.69, 9.17) is 5.73 Å². The number of nitrogens with zero attached hydrogens (tertiary/aromatic N) is 2. The van der Waals surface area contributed by atoms with E-state index in [1.165, 1.54) is 10.6 Å². The van der Waals surface area contributed by atoms with Gasteiger partial charge >= 0.3 is 0 Å². The largest absolute Gasteiger partial charge is 0.382 e. The minimum Gasteiger partial charge on any atom is -0.382 e.